The lowest BCUT2D eigenvalue weighted by atomic mass is 10.2. The molecule has 1 fully saturated rings. The number of rotatable bonds is 3. The highest BCUT2D eigenvalue weighted by atomic mass is 35.5. The van der Waals surface area contributed by atoms with Crippen molar-refractivity contribution in [2.24, 2.45) is 0 Å². The van der Waals surface area contributed by atoms with E-state index in [1.54, 1.807) is 4.90 Å². The lowest BCUT2D eigenvalue weighted by molar-refractivity contribution is -0.145. The zero-order valence-electron chi connectivity index (χ0n) is 9.66. The van der Waals surface area contributed by atoms with E-state index >= 15 is 0 Å². The summed E-state index contributed by atoms with van der Waals surface area (Å²) in [5, 5.41) is 3.16. The second-order valence-corrected chi connectivity index (χ2v) is 3.77. The van der Waals surface area contributed by atoms with E-state index in [9.17, 15) is 4.79 Å². The van der Waals surface area contributed by atoms with Gasteiger partial charge in [-0.15, -0.1) is 12.4 Å². The minimum Gasteiger partial charge on any atom is -0.366 e. The fourth-order valence-electron chi connectivity index (χ4n) is 1.44. The summed E-state index contributed by atoms with van der Waals surface area (Å²) >= 11 is 0. The highest BCUT2D eigenvalue weighted by molar-refractivity contribution is 5.85. The first-order valence-corrected chi connectivity index (χ1v) is 5.25. The van der Waals surface area contributed by atoms with E-state index in [0.29, 0.717) is 13.2 Å². The molecular weight excluding hydrogens is 216 g/mol. The van der Waals surface area contributed by atoms with Crippen LogP contribution in [0.15, 0.2) is 0 Å². The number of halogens is 1. The van der Waals surface area contributed by atoms with Crippen LogP contribution in [0.1, 0.15) is 20.3 Å². The number of carbonyl (C=O) groups excluding carboxylic acids is 1. The minimum atomic E-state index is -0.289. The Bertz CT molecular complexity index is 192. The molecule has 90 valence electrons. The van der Waals surface area contributed by atoms with Gasteiger partial charge < -0.3 is 15.0 Å². The van der Waals surface area contributed by atoms with Crippen molar-refractivity contribution < 1.29 is 9.53 Å². The maximum atomic E-state index is 11.9. The molecule has 1 heterocycles. The third-order valence-corrected chi connectivity index (χ3v) is 2.80. The van der Waals surface area contributed by atoms with Gasteiger partial charge in [-0.2, -0.15) is 0 Å². The van der Waals surface area contributed by atoms with Gasteiger partial charge in [0.25, 0.3) is 5.91 Å². The molecule has 0 radical (unpaired) electrons. The van der Waals surface area contributed by atoms with Crippen molar-refractivity contribution in [3.63, 3.8) is 0 Å². The number of likely N-dealkylation sites (N-methyl/N-ethyl adjacent to an activating group) is 1. The molecule has 1 saturated heterocycles. The standard InChI is InChI=1S/C10H20N2O2.ClH/c1-4-8(2)12(3)10(13)9-7-11-5-6-14-9;/h8-9,11H,4-7H2,1-3H3;1H/t8?,9-;/m1./s1. The van der Waals surface area contributed by atoms with Gasteiger partial charge in [-0.05, 0) is 13.3 Å². The molecule has 1 aliphatic heterocycles. The van der Waals surface area contributed by atoms with Crippen LogP contribution < -0.4 is 5.32 Å². The van der Waals surface area contributed by atoms with E-state index in [-0.39, 0.29) is 30.5 Å². The molecule has 5 heteroatoms. The van der Waals surface area contributed by atoms with Crippen LogP contribution >= 0.6 is 12.4 Å². The maximum absolute atomic E-state index is 11.9. The summed E-state index contributed by atoms with van der Waals surface area (Å²) in [5.74, 6) is 0.0894. The van der Waals surface area contributed by atoms with Crippen LogP contribution in [0.25, 0.3) is 0 Å². The van der Waals surface area contributed by atoms with Gasteiger partial charge in [0.2, 0.25) is 0 Å². The summed E-state index contributed by atoms with van der Waals surface area (Å²) in [6, 6.07) is 0.285. The van der Waals surface area contributed by atoms with E-state index in [1.165, 1.54) is 0 Å². The summed E-state index contributed by atoms with van der Waals surface area (Å²) < 4.78 is 5.40. The Labute approximate surface area is 97.8 Å². The Hall–Kier alpha value is -0.320. The number of carbonyl (C=O) groups is 1. The van der Waals surface area contributed by atoms with Crippen LogP contribution in [0.4, 0.5) is 0 Å². The normalized spacial score (nSPS) is 22.7. The first-order chi connectivity index (χ1) is 6.66. The van der Waals surface area contributed by atoms with Gasteiger partial charge in [0.15, 0.2) is 0 Å². The summed E-state index contributed by atoms with van der Waals surface area (Å²) in [4.78, 5) is 13.6. The molecule has 1 N–H and O–H groups in total. The summed E-state index contributed by atoms with van der Waals surface area (Å²) in [5.41, 5.74) is 0. The molecule has 0 spiro atoms. The van der Waals surface area contributed by atoms with Crippen molar-refractivity contribution >= 4 is 18.3 Å². The zero-order valence-corrected chi connectivity index (χ0v) is 10.5. The van der Waals surface area contributed by atoms with Gasteiger partial charge in [-0.3, -0.25) is 4.79 Å². The molecule has 0 aromatic carbocycles. The SMILES string of the molecule is CCC(C)N(C)C(=O)[C@H]1CNCCO1.Cl. The minimum absolute atomic E-state index is 0. The summed E-state index contributed by atoms with van der Waals surface area (Å²) in [7, 11) is 1.84. The average molecular weight is 237 g/mol. The van der Waals surface area contributed by atoms with E-state index in [1.807, 2.05) is 14.0 Å². The second kappa shape index (κ2) is 7.04. The molecule has 0 bridgehead atoms. The number of nitrogens with one attached hydrogen (secondary N) is 1. The highest BCUT2D eigenvalue weighted by Gasteiger charge is 2.26. The van der Waals surface area contributed by atoms with E-state index < -0.39 is 0 Å². The fourth-order valence-corrected chi connectivity index (χ4v) is 1.44. The predicted molar refractivity (Wildman–Crippen MR) is 62.4 cm³/mol. The first kappa shape index (κ1) is 14.7. The molecule has 4 nitrogen and oxygen atoms in total. The molecule has 0 aromatic rings. The van der Waals surface area contributed by atoms with Gasteiger partial charge in [-0.1, -0.05) is 6.92 Å². The number of morpholine rings is 1. The van der Waals surface area contributed by atoms with Crippen molar-refractivity contribution in [1.29, 1.82) is 0 Å². The van der Waals surface area contributed by atoms with Gasteiger partial charge in [0.05, 0.1) is 6.61 Å². The molecule has 0 aromatic heterocycles. The molecule has 0 saturated carbocycles. The molecule has 2 atom stereocenters. The number of ether oxygens (including phenoxy) is 1. The largest absolute Gasteiger partial charge is 0.366 e. The number of nitrogens with zero attached hydrogens (tertiary/aromatic N) is 1. The maximum Gasteiger partial charge on any atom is 0.253 e. The Morgan fingerprint density at radius 1 is 1.67 bits per heavy atom. The molecular formula is C10H21ClN2O2. The van der Waals surface area contributed by atoms with Crippen LogP contribution in [-0.2, 0) is 9.53 Å². The van der Waals surface area contributed by atoms with Gasteiger partial charge in [-0.25, -0.2) is 0 Å². The van der Waals surface area contributed by atoms with Crippen LogP contribution in [0.5, 0.6) is 0 Å². The Morgan fingerprint density at radius 3 is 2.80 bits per heavy atom. The monoisotopic (exact) mass is 236 g/mol. The van der Waals surface area contributed by atoms with Crippen molar-refractivity contribution in [2.75, 3.05) is 26.7 Å². The van der Waals surface area contributed by atoms with Crippen molar-refractivity contribution in [3.05, 3.63) is 0 Å². The van der Waals surface area contributed by atoms with Crippen molar-refractivity contribution in [3.8, 4) is 0 Å². The lowest BCUT2D eigenvalue weighted by Gasteiger charge is -2.30. The predicted octanol–water partition coefficient (Wildman–Crippen LogP) is 0.653. The highest BCUT2D eigenvalue weighted by Crippen LogP contribution is 2.06. The van der Waals surface area contributed by atoms with Crippen LogP contribution in [0.2, 0.25) is 0 Å². The topological polar surface area (TPSA) is 41.6 Å². The Balaban J connectivity index is 0.00000196. The van der Waals surface area contributed by atoms with E-state index in [2.05, 4.69) is 12.2 Å². The zero-order chi connectivity index (χ0) is 10.6. The Kier molecular flexibility index (Phi) is 6.89. The van der Waals surface area contributed by atoms with Crippen LogP contribution in [0, 0.1) is 0 Å². The van der Waals surface area contributed by atoms with Crippen molar-refractivity contribution in [1.82, 2.24) is 10.2 Å². The molecule has 1 amide bonds. The first-order valence-electron chi connectivity index (χ1n) is 5.25. The molecule has 1 unspecified atom stereocenters. The quantitative estimate of drug-likeness (QED) is 0.783. The van der Waals surface area contributed by atoms with Crippen LogP contribution in [0.3, 0.4) is 0 Å². The smallest absolute Gasteiger partial charge is 0.253 e. The summed E-state index contributed by atoms with van der Waals surface area (Å²) in [6.45, 7) is 6.24. The molecule has 15 heavy (non-hydrogen) atoms. The van der Waals surface area contributed by atoms with Crippen molar-refractivity contribution in [2.45, 2.75) is 32.4 Å². The number of hydrogen-bond acceptors (Lipinski definition) is 3. The van der Waals surface area contributed by atoms with Gasteiger partial charge in [0, 0.05) is 26.2 Å². The second-order valence-electron chi connectivity index (χ2n) is 3.77. The molecule has 1 aliphatic rings. The third kappa shape index (κ3) is 3.97. The molecule has 1 rings (SSSR count). The van der Waals surface area contributed by atoms with E-state index in [4.69, 9.17) is 4.74 Å². The van der Waals surface area contributed by atoms with Gasteiger partial charge in [0.1, 0.15) is 6.10 Å². The summed E-state index contributed by atoms with van der Waals surface area (Å²) in [6.07, 6.45) is 0.685. The lowest BCUT2D eigenvalue weighted by Crippen LogP contribution is -2.50. The number of hydrogen-bond donors (Lipinski definition) is 1. The van der Waals surface area contributed by atoms with Crippen LogP contribution in [-0.4, -0.2) is 49.7 Å². The third-order valence-electron chi connectivity index (χ3n) is 2.80. The average Bonchev–Trinajstić information content (AvgIpc) is 2.27. The fraction of sp³-hybridized carbons (Fsp3) is 0.900. The Morgan fingerprint density at radius 2 is 2.33 bits per heavy atom. The number of amides is 1. The van der Waals surface area contributed by atoms with Gasteiger partial charge >= 0.3 is 0 Å². The van der Waals surface area contributed by atoms with E-state index in [0.717, 1.165) is 13.0 Å². The molecule has 0 aliphatic carbocycles.